The van der Waals surface area contributed by atoms with Crippen molar-refractivity contribution in [3.63, 3.8) is 0 Å². The second kappa shape index (κ2) is 4.39. The van der Waals surface area contributed by atoms with E-state index in [4.69, 9.17) is 4.74 Å². The van der Waals surface area contributed by atoms with Crippen LogP contribution < -0.4 is 10.1 Å². The molecule has 1 aromatic carbocycles. The molecule has 0 bridgehead atoms. The van der Waals surface area contributed by atoms with Gasteiger partial charge in [-0.05, 0) is 37.6 Å². The van der Waals surface area contributed by atoms with Crippen molar-refractivity contribution < 1.29 is 14.2 Å². The number of β-amino-alcohol motifs (C(OH)–C–C–N with tert-alkyl or cyclic N) is 1. The fraction of sp³-hybridized carbons (Fsp3) is 0.500. The van der Waals surface area contributed by atoms with Crippen LogP contribution in [0, 0.1) is 5.82 Å². The van der Waals surface area contributed by atoms with Crippen molar-refractivity contribution in [2.45, 2.75) is 18.4 Å². The van der Waals surface area contributed by atoms with E-state index in [0.717, 1.165) is 13.0 Å². The molecule has 4 heteroatoms. The summed E-state index contributed by atoms with van der Waals surface area (Å²) in [5.74, 6) is 0.183. The van der Waals surface area contributed by atoms with Gasteiger partial charge in [-0.25, -0.2) is 4.39 Å². The average molecular weight is 225 g/mol. The second-order valence-electron chi connectivity index (χ2n) is 4.16. The van der Waals surface area contributed by atoms with Crippen LogP contribution in [-0.4, -0.2) is 25.3 Å². The minimum atomic E-state index is -1.11. The van der Waals surface area contributed by atoms with Gasteiger partial charge in [-0.3, -0.25) is 0 Å². The third kappa shape index (κ3) is 2.03. The first-order valence-corrected chi connectivity index (χ1v) is 5.43. The van der Waals surface area contributed by atoms with Gasteiger partial charge in [-0.2, -0.15) is 0 Å². The van der Waals surface area contributed by atoms with Gasteiger partial charge < -0.3 is 15.2 Å². The van der Waals surface area contributed by atoms with E-state index in [-0.39, 0.29) is 5.82 Å². The Hall–Kier alpha value is -1.13. The summed E-state index contributed by atoms with van der Waals surface area (Å²) in [4.78, 5) is 0. The SMILES string of the molecule is COc1ccc(F)c(C2(O)CCCNC2)c1. The third-order valence-electron chi connectivity index (χ3n) is 3.04. The van der Waals surface area contributed by atoms with Crippen molar-refractivity contribution in [3.8, 4) is 5.75 Å². The highest BCUT2D eigenvalue weighted by atomic mass is 19.1. The van der Waals surface area contributed by atoms with Gasteiger partial charge in [0, 0.05) is 12.1 Å². The number of halogens is 1. The van der Waals surface area contributed by atoms with Crippen molar-refractivity contribution in [1.29, 1.82) is 0 Å². The summed E-state index contributed by atoms with van der Waals surface area (Å²) in [6, 6.07) is 4.46. The fourth-order valence-corrected chi connectivity index (χ4v) is 2.11. The second-order valence-corrected chi connectivity index (χ2v) is 4.16. The van der Waals surface area contributed by atoms with Crippen LogP contribution in [0.5, 0.6) is 5.75 Å². The van der Waals surface area contributed by atoms with Gasteiger partial charge in [0.1, 0.15) is 17.2 Å². The zero-order chi connectivity index (χ0) is 11.6. The lowest BCUT2D eigenvalue weighted by molar-refractivity contribution is 0.00890. The first-order valence-electron chi connectivity index (χ1n) is 5.43. The first-order chi connectivity index (χ1) is 7.65. The molecular formula is C12H16FNO2. The zero-order valence-corrected chi connectivity index (χ0v) is 9.29. The lowest BCUT2D eigenvalue weighted by Crippen LogP contribution is -2.43. The quantitative estimate of drug-likeness (QED) is 0.799. The predicted molar refractivity (Wildman–Crippen MR) is 59.0 cm³/mol. The van der Waals surface area contributed by atoms with E-state index in [1.807, 2.05) is 0 Å². The van der Waals surface area contributed by atoms with Crippen LogP contribution in [0.15, 0.2) is 18.2 Å². The molecule has 0 radical (unpaired) electrons. The van der Waals surface area contributed by atoms with Crippen LogP contribution in [0.2, 0.25) is 0 Å². The molecule has 1 unspecified atom stereocenters. The summed E-state index contributed by atoms with van der Waals surface area (Å²) < 4.78 is 18.7. The van der Waals surface area contributed by atoms with Crippen LogP contribution in [0.3, 0.4) is 0 Å². The summed E-state index contributed by atoms with van der Waals surface area (Å²) in [5.41, 5.74) is -0.796. The molecule has 16 heavy (non-hydrogen) atoms. The molecule has 88 valence electrons. The van der Waals surface area contributed by atoms with Gasteiger partial charge in [0.05, 0.1) is 7.11 Å². The largest absolute Gasteiger partial charge is 0.497 e. The molecule has 0 aromatic heterocycles. The van der Waals surface area contributed by atoms with E-state index in [2.05, 4.69) is 5.32 Å². The minimum absolute atomic E-state index is 0.319. The standard InChI is InChI=1S/C12H16FNO2/c1-16-9-3-4-11(13)10(7-9)12(15)5-2-6-14-8-12/h3-4,7,14-15H,2,5-6,8H2,1H3. The van der Waals surface area contributed by atoms with Crippen molar-refractivity contribution in [1.82, 2.24) is 5.32 Å². The monoisotopic (exact) mass is 225 g/mol. The normalized spacial score (nSPS) is 25.4. The Morgan fingerprint density at radius 3 is 2.94 bits per heavy atom. The maximum Gasteiger partial charge on any atom is 0.129 e. The Labute approximate surface area is 94.2 Å². The fourth-order valence-electron chi connectivity index (χ4n) is 2.11. The third-order valence-corrected chi connectivity index (χ3v) is 3.04. The summed E-state index contributed by atoms with van der Waals surface area (Å²) in [5, 5.41) is 13.5. The minimum Gasteiger partial charge on any atom is -0.497 e. The zero-order valence-electron chi connectivity index (χ0n) is 9.29. The topological polar surface area (TPSA) is 41.5 Å². The number of methoxy groups -OCH3 is 1. The Morgan fingerprint density at radius 1 is 1.50 bits per heavy atom. The predicted octanol–water partition coefficient (Wildman–Crippen LogP) is 1.41. The molecule has 1 heterocycles. The Balaban J connectivity index is 2.37. The summed E-state index contributed by atoms with van der Waals surface area (Å²) in [7, 11) is 1.53. The first kappa shape index (κ1) is 11.4. The van der Waals surface area contributed by atoms with Crippen molar-refractivity contribution >= 4 is 0 Å². The molecule has 1 aromatic rings. The number of hydrogen-bond donors (Lipinski definition) is 2. The van der Waals surface area contributed by atoms with E-state index < -0.39 is 5.60 Å². The van der Waals surface area contributed by atoms with Gasteiger partial charge in [0.2, 0.25) is 0 Å². The molecule has 2 N–H and O–H groups in total. The van der Waals surface area contributed by atoms with E-state index in [1.54, 1.807) is 12.1 Å². The van der Waals surface area contributed by atoms with Gasteiger partial charge in [-0.1, -0.05) is 0 Å². The molecule has 3 nitrogen and oxygen atoms in total. The highest BCUT2D eigenvalue weighted by molar-refractivity contribution is 5.34. The molecule has 1 aliphatic heterocycles. The number of rotatable bonds is 2. The molecule has 1 fully saturated rings. The number of hydrogen-bond acceptors (Lipinski definition) is 3. The van der Waals surface area contributed by atoms with Crippen molar-refractivity contribution in [3.05, 3.63) is 29.6 Å². The number of nitrogens with one attached hydrogen (secondary N) is 1. The molecule has 0 amide bonds. The van der Waals surface area contributed by atoms with Gasteiger partial charge >= 0.3 is 0 Å². The molecule has 0 aliphatic carbocycles. The molecule has 1 saturated heterocycles. The number of piperidine rings is 1. The van der Waals surface area contributed by atoms with E-state index in [9.17, 15) is 9.50 Å². The molecular weight excluding hydrogens is 209 g/mol. The lowest BCUT2D eigenvalue weighted by Gasteiger charge is -2.33. The molecule has 2 rings (SSSR count). The van der Waals surface area contributed by atoms with Crippen molar-refractivity contribution in [2.75, 3.05) is 20.2 Å². The van der Waals surface area contributed by atoms with Crippen LogP contribution >= 0.6 is 0 Å². The maximum absolute atomic E-state index is 13.7. The van der Waals surface area contributed by atoms with Crippen LogP contribution in [-0.2, 0) is 5.60 Å². The summed E-state index contributed by atoms with van der Waals surface area (Å²) in [6.45, 7) is 1.25. The van der Waals surface area contributed by atoms with Crippen LogP contribution in [0.25, 0.3) is 0 Å². The van der Waals surface area contributed by atoms with Crippen LogP contribution in [0.4, 0.5) is 4.39 Å². The maximum atomic E-state index is 13.7. The summed E-state index contributed by atoms with van der Waals surface area (Å²) >= 11 is 0. The highest BCUT2D eigenvalue weighted by Gasteiger charge is 2.33. The van der Waals surface area contributed by atoms with E-state index in [1.165, 1.54) is 13.2 Å². The van der Waals surface area contributed by atoms with E-state index in [0.29, 0.717) is 24.3 Å². The Kier molecular flexibility index (Phi) is 3.12. The molecule has 1 aliphatic rings. The lowest BCUT2D eigenvalue weighted by atomic mass is 9.86. The smallest absolute Gasteiger partial charge is 0.129 e. The number of aliphatic hydroxyl groups is 1. The Morgan fingerprint density at radius 2 is 2.31 bits per heavy atom. The highest BCUT2D eigenvalue weighted by Crippen LogP contribution is 2.32. The van der Waals surface area contributed by atoms with Crippen molar-refractivity contribution in [2.24, 2.45) is 0 Å². The van der Waals surface area contributed by atoms with E-state index >= 15 is 0 Å². The Bertz CT molecular complexity index is 375. The van der Waals surface area contributed by atoms with Gasteiger partial charge in [0.25, 0.3) is 0 Å². The summed E-state index contributed by atoms with van der Waals surface area (Å²) in [6.07, 6.45) is 1.41. The molecule has 1 atom stereocenters. The number of benzene rings is 1. The molecule has 0 spiro atoms. The van der Waals surface area contributed by atoms with Crippen LogP contribution in [0.1, 0.15) is 18.4 Å². The van der Waals surface area contributed by atoms with Gasteiger partial charge in [-0.15, -0.1) is 0 Å². The number of ether oxygens (including phenoxy) is 1. The average Bonchev–Trinajstić information content (AvgIpc) is 2.30. The molecule has 0 saturated carbocycles. The van der Waals surface area contributed by atoms with Gasteiger partial charge in [0.15, 0.2) is 0 Å².